The fourth-order valence-electron chi connectivity index (χ4n) is 1.84. The molecule has 5 heteroatoms. The van der Waals surface area contributed by atoms with Crippen LogP contribution in [0.1, 0.15) is 13.3 Å². The molecule has 0 amide bonds. The maximum absolute atomic E-state index is 12.4. The lowest BCUT2D eigenvalue weighted by atomic mass is 10.2. The summed E-state index contributed by atoms with van der Waals surface area (Å²) < 4.78 is 6.99. The van der Waals surface area contributed by atoms with Crippen molar-refractivity contribution >= 4 is 22.5 Å². The molecule has 0 saturated carbocycles. The van der Waals surface area contributed by atoms with Gasteiger partial charge >= 0.3 is 0 Å². The lowest BCUT2D eigenvalue weighted by Gasteiger charge is -2.12. The highest BCUT2D eigenvalue weighted by atomic mass is 35.5. The van der Waals surface area contributed by atoms with E-state index in [0.29, 0.717) is 35.1 Å². The van der Waals surface area contributed by atoms with Crippen LogP contribution in [0.2, 0.25) is 5.02 Å². The SMILES string of the molecule is C=CCOc1nc2ccc(Cl)cc2c(=O)n1CCC. The first kappa shape index (κ1) is 13.6. The lowest BCUT2D eigenvalue weighted by Crippen LogP contribution is -2.23. The van der Waals surface area contributed by atoms with Gasteiger partial charge < -0.3 is 4.74 Å². The van der Waals surface area contributed by atoms with E-state index in [9.17, 15) is 4.79 Å². The van der Waals surface area contributed by atoms with Crippen LogP contribution in [0, 0.1) is 0 Å². The molecule has 0 saturated heterocycles. The standard InChI is InChI=1S/C14H15ClN2O2/c1-3-7-17-13(18)11-9-10(15)5-6-12(11)16-14(17)19-8-4-2/h4-6,9H,2-3,7-8H2,1H3. The highest BCUT2D eigenvalue weighted by Crippen LogP contribution is 2.18. The second kappa shape index (κ2) is 5.89. The molecular formula is C14H15ClN2O2. The largest absolute Gasteiger partial charge is 0.460 e. The van der Waals surface area contributed by atoms with Crippen molar-refractivity contribution in [1.29, 1.82) is 0 Å². The molecule has 0 N–H and O–H groups in total. The van der Waals surface area contributed by atoms with E-state index in [1.165, 1.54) is 4.57 Å². The summed E-state index contributed by atoms with van der Waals surface area (Å²) in [5.74, 6) is 0. The number of ether oxygens (including phenoxy) is 1. The van der Waals surface area contributed by atoms with Crippen LogP contribution in [-0.4, -0.2) is 16.2 Å². The molecule has 0 atom stereocenters. The Hall–Kier alpha value is -1.81. The molecule has 0 unspecified atom stereocenters. The number of aromatic nitrogens is 2. The van der Waals surface area contributed by atoms with Gasteiger partial charge in [-0.1, -0.05) is 31.2 Å². The maximum atomic E-state index is 12.4. The normalized spacial score (nSPS) is 10.6. The van der Waals surface area contributed by atoms with Crippen LogP contribution in [-0.2, 0) is 6.54 Å². The first-order valence-electron chi connectivity index (χ1n) is 6.11. The second-order valence-corrected chi connectivity index (χ2v) is 4.55. The first-order chi connectivity index (χ1) is 9.17. The minimum Gasteiger partial charge on any atom is -0.460 e. The predicted molar refractivity (Wildman–Crippen MR) is 77.0 cm³/mol. The van der Waals surface area contributed by atoms with Crippen LogP contribution < -0.4 is 10.3 Å². The van der Waals surface area contributed by atoms with E-state index in [1.54, 1.807) is 24.3 Å². The molecule has 19 heavy (non-hydrogen) atoms. The van der Waals surface area contributed by atoms with Crippen LogP contribution in [0.4, 0.5) is 0 Å². The maximum Gasteiger partial charge on any atom is 0.300 e. The molecule has 0 aliphatic rings. The monoisotopic (exact) mass is 278 g/mol. The molecule has 0 aliphatic carbocycles. The summed E-state index contributed by atoms with van der Waals surface area (Å²) in [4.78, 5) is 16.8. The zero-order valence-electron chi connectivity index (χ0n) is 10.7. The Bertz CT molecular complexity index is 664. The van der Waals surface area contributed by atoms with E-state index in [1.807, 2.05) is 6.92 Å². The number of fused-ring (bicyclic) bond motifs is 1. The lowest BCUT2D eigenvalue weighted by molar-refractivity contribution is 0.308. The number of benzene rings is 1. The summed E-state index contributed by atoms with van der Waals surface area (Å²) in [6.45, 7) is 6.45. The molecule has 4 nitrogen and oxygen atoms in total. The van der Waals surface area contributed by atoms with Gasteiger partial charge in [0.25, 0.3) is 11.6 Å². The molecular weight excluding hydrogens is 264 g/mol. The Kier molecular flexibility index (Phi) is 4.22. The van der Waals surface area contributed by atoms with Gasteiger partial charge in [0, 0.05) is 11.6 Å². The molecule has 2 rings (SSSR count). The minimum atomic E-state index is -0.131. The highest BCUT2D eigenvalue weighted by molar-refractivity contribution is 6.31. The van der Waals surface area contributed by atoms with E-state index in [2.05, 4.69) is 11.6 Å². The first-order valence-corrected chi connectivity index (χ1v) is 6.49. The van der Waals surface area contributed by atoms with E-state index in [-0.39, 0.29) is 5.56 Å². The quantitative estimate of drug-likeness (QED) is 0.790. The van der Waals surface area contributed by atoms with Crippen molar-refractivity contribution in [2.75, 3.05) is 6.61 Å². The van der Waals surface area contributed by atoms with Crippen LogP contribution in [0.25, 0.3) is 10.9 Å². The van der Waals surface area contributed by atoms with Gasteiger partial charge in [-0.3, -0.25) is 9.36 Å². The highest BCUT2D eigenvalue weighted by Gasteiger charge is 2.11. The van der Waals surface area contributed by atoms with E-state index >= 15 is 0 Å². The predicted octanol–water partition coefficient (Wildman–Crippen LogP) is 3.02. The molecule has 2 aromatic rings. The fourth-order valence-corrected chi connectivity index (χ4v) is 2.01. The topological polar surface area (TPSA) is 44.1 Å². The molecule has 0 spiro atoms. The summed E-state index contributed by atoms with van der Waals surface area (Å²) in [6, 6.07) is 5.38. The van der Waals surface area contributed by atoms with Crippen LogP contribution in [0.5, 0.6) is 6.01 Å². The smallest absolute Gasteiger partial charge is 0.300 e. The summed E-state index contributed by atoms with van der Waals surface area (Å²) in [5.41, 5.74) is 0.453. The van der Waals surface area contributed by atoms with Crippen LogP contribution in [0.3, 0.4) is 0 Å². The molecule has 0 aliphatic heterocycles. The number of hydrogen-bond donors (Lipinski definition) is 0. The fraction of sp³-hybridized carbons (Fsp3) is 0.286. The van der Waals surface area contributed by atoms with Crippen molar-refractivity contribution < 1.29 is 4.74 Å². The number of halogens is 1. The van der Waals surface area contributed by atoms with Gasteiger partial charge in [0.2, 0.25) is 0 Å². The Morgan fingerprint density at radius 2 is 2.32 bits per heavy atom. The van der Waals surface area contributed by atoms with Gasteiger partial charge in [0.15, 0.2) is 0 Å². The van der Waals surface area contributed by atoms with Crippen molar-refractivity contribution in [3.63, 3.8) is 0 Å². The van der Waals surface area contributed by atoms with Crippen LogP contribution >= 0.6 is 11.6 Å². The van der Waals surface area contributed by atoms with Crippen molar-refractivity contribution in [3.8, 4) is 6.01 Å². The van der Waals surface area contributed by atoms with Gasteiger partial charge in [-0.15, -0.1) is 0 Å². The Morgan fingerprint density at radius 1 is 1.53 bits per heavy atom. The third-order valence-electron chi connectivity index (χ3n) is 2.66. The van der Waals surface area contributed by atoms with Crippen LogP contribution in [0.15, 0.2) is 35.6 Å². The van der Waals surface area contributed by atoms with E-state index in [0.717, 1.165) is 6.42 Å². The summed E-state index contributed by atoms with van der Waals surface area (Å²) >= 11 is 5.92. The average molecular weight is 279 g/mol. The third-order valence-corrected chi connectivity index (χ3v) is 2.89. The van der Waals surface area contributed by atoms with Gasteiger partial charge in [-0.2, -0.15) is 4.98 Å². The van der Waals surface area contributed by atoms with Gasteiger partial charge in [0.05, 0.1) is 10.9 Å². The zero-order valence-corrected chi connectivity index (χ0v) is 11.5. The summed E-state index contributed by atoms with van der Waals surface area (Å²) in [7, 11) is 0. The molecule has 0 bridgehead atoms. The van der Waals surface area contributed by atoms with Crippen molar-refractivity contribution in [2.24, 2.45) is 0 Å². The van der Waals surface area contributed by atoms with Gasteiger partial charge in [-0.05, 0) is 24.6 Å². The van der Waals surface area contributed by atoms with Crippen molar-refractivity contribution in [3.05, 3.63) is 46.2 Å². The molecule has 1 aromatic carbocycles. The Balaban J connectivity index is 2.66. The second-order valence-electron chi connectivity index (χ2n) is 4.11. The summed E-state index contributed by atoms with van der Waals surface area (Å²) in [5, 5.41) is 1.03. The molecule has 0 fully saturated rings. The average Bonchev–Trinajstić information content (AvgIpc) is 2.41. The third kappa shape index (κ3) is 2.79. The Morgan fingerprint density at radius 3 is 3.00 bits per heavy atom. The Labute approximate surface area is 116 Å². The molecule has 1 aromatic heterocycles. The minimum absolute atomic E-state index is 0.131. The van der Waals surface area contributed by atoms with Gasteiger partial charge in [-0.25, -0.2) is 0 Å². The molecule has 1 heterocycles. The van der Waals surface area contributed by atoms with Crippen molar-refractivity contribution in [1.82, 2.24) is 9.55 Å². The van der Waals surface area contributed by atoms with E-state index in [4.69, 9.17) is 16.3 Å². The van der Waals surface area contributed by atoms with Crippen molar-refractivity contribution in [2.45, 2.75) is 19.9 Å². The van der Waals surface area contributed by atoms with E-state index < -0.39 is 0 Å². The molecule has 100 valence electrons. The molecule has 0 radical (unpaired) electrons. The number of rotatable bonds is 5. The van der Waals surface area contributed by atoms with Gasteiger partial charge in [0.1, 0.15) is 6.61 Å². The number of nitrogens with zero attached hydrogens (tertiary/aromatic N) is 2. The zero-order chi connectivity index (χ0) is 13.8. The summed E-state index contributed by atoms with van der Waals surface area (Å²) in [6.07, 6.45) is 2.44. The number of hydrogen-bond acceptors (Lipinski definition) is 3.